The van der Waals surface area contributed by atoms with Gasteiger partial charge in [0.25, 0.3) is 5.91 Å². The van der Waals surface area contributed by atoms with Gasteiger partial charge in [-0.3, -0.25) is 9.78 Å². The van der Waals surface area contributed by atoms with Gasteiger partial charge in [-0.15, -0.1) is 0 Å². The van der Waals surface area contributed by atoms with E-state index in [1.807, 2.05) is 0 Å². The summed E-state index contributed by atoms with van der Waals surface area (Å²) in [7, 11) is 1.52. The molecule has 2 N–H and O–H groups in total. The van der Waals surface area contributed by atoms with Gasteiger partial charge in [0.15, 0.2) is 6.04 Å². The zero-order chi connectivity index (χ0) is 22.0. The summed E-state index contributed by atoms with van der Waals surface area (Å²) in [5, 5.41) is 9.62. The number of rotatable bonds is 5. The zero-order valence-electron chi connectivity index (χ0n) is 16.6. The van der Waals surface area contributed by atoms with Gasteiger partial charge in [0, 0.05) is 12.6 Å². The molecule has 4 rings (SSSR count). The van der Waals surface area contributed by atoms with E-state index in [0.29, 0.717) is 17.0 Å². The molecule has 0 bridgehead atoms. The number of hydrogen-bond donors (Lipinski definition) is 2. The first-order valence-corrected chi connectivity index (χ1v) is 9.59. The number of amides is 1. The Kier molecular flexibility index (Phi) is 5.53. The summed E-state index contributed by atoms with van der Waals surface area (Å²) in [6, 6.07) is 9.56. The Morgan fingerprint density at radius 2 is 2.03 bits per heavy atom. The number of anilines is 1. The number of alkyl halides is 3. The van der Waals surface area contributed by atoms with E-state index in [0.717, 1.165) is 10.9 Å². The highest BCUT2D eigenvalue weighted by Crippen LogP contribution is 2.44. The van der Waals surface area contributed by atoms with Crippen LogP contribution >= 0.6 is 0 Å². The van der Waals surface area contributed by atoms with Crippen molar-refractivity contribution in [2.24, 2.45) is 0 Å². The van der Waals surface area contributed by atoms with Gasteiger partial charge in [-0.25, -0.2) is 4.68 Å². The van der Waals surface area contributed by atoms with Crippen LogP contribution in [-0.4, -0.2) is 34.0 Å². The second-order valence-electron chi connectivity index (χ2n) is 7.12. The van der Waals surface area contributed by atoms with Crippen molar-refractivity contribution >= 4 is 11.7 Å². The van der Waals surface area contributed by atoms with E-state index in [1.165, 1.54) is 7.11 Å². The quantitative estimate of drug-likeness (QED) is 0.641. The third-order valence-corrected chi connectivity index (χ3v) is 5.16. The molecule has 0 spiro atoms. The molecular formula is C21H20F3N5O2. The van der Waals surface area contributed by atoms with Gasteiger partial charge in [0.05, 0.1) is 31.6 Å². The average molecular weight is 431 g/mol. The van der Waals surface area contributed by atoms with Gasteiger partial charge >= 0.3 is 6.18 Å². The number of nitrogens with zero attached hydrogens (tertiary/aromatic N) is 3. The molecule has 0 aliphatic carbocycles. The number of carbonyl (C=O) groups is 1. The lowest BCUT2D eigenvalue weighted by Gasteiger charge is -2.34. The number of fused-ring (bicyclic) bond motifs is 1. The van der Waals surface area contributed by atoms with Crippen LogP contribution in [0.5, 0.6) is 5.75 Å². The maximum atomic E-state index is 13.8. The molecule has 10 heteroatoms. The predicted octanol–water partition coefficient (Wildman–Crippen LogP) is 3.88. The molecule has 1 aliphatic heterocycles. The number of methoxy groups -OCH3 is 1. The fourth-order valence-corrected chi connectivity index (χ4v) is 3.55. The Balaban J connectivity index is 1.61. The van der Waals surface area contributed by atoms with Crippen molar-refractivity contribution in [1.29, 1.82) is 0 Å². The first-order chi connectivity index (χ1) is 14.9. The third-order valence-electron chi connectivity index (χ3n) is 5.16. The van der Waals surface area contributed by atoms with E-state index in [-0.39, 0.29) is 24.3 Å². The summed E-state index contributed by atoms with van der Waals surface area (Å²) >= 11 is 0. The SMILES string of the molecule is COc1ccc([C@@H]2C[C@H](C(F)(F)F)n3ncc(C(=O)NCc4ccccn4)c3N2)cc1. The highest BCUT2D eigenvalue weighted by molar-refractivity contribution is 5.98. The number of ether oxygens (including phenoxy) is 1. The Bertz CT molecular complexity index is 1050. The number of nitrogens with one attached hydrogen (secondary N) is 2. The number of pyridine rings is 1. The normalized spacial score (nSPS) is 18.1. The molecule has 2 atom stereocenters. The summed E-state index contributed by atoms with van der Waals surface area (Å²) in [6.45, 7) is 0.148. The summed E-state index contributed by atoms with van der Waals surface area (Å²) in [6.07, 6.45) is -2.02. The molecule has 2 aromatic heterocycles. The lowest BCUT2D eigenvalue weighted by molar-refractivity contribution is -0.173. The standard InChI is InChI=1S/C21H20F3N5O2/c1-31-15-7-5-13(6-8-15)17-10-18(21(22,23)24)29-19(28-17)16(12-27-29)20(30)26-11-14-4-2-3-9-25-14/h2-9,12,17-18,28H,10-11H2,1H3,(H,26,30)/t17-,18+/m0/s1. The van der Waals surface area contributed by atoms with Gasteiger partial charge < -0.3 is 15.4 Å². The van der Waals surface area contributed by atoms with Gasteiger partial charge in [-0.05, 0) is 29.8 Å². The Morgan fingerprint density at radius 1 is 1.26 bits per heavy atom. The second-order valence-corrected chi connectivity index (χ2v) is 7.12. The predicted molar refractivity (Wildman–Crippen MR) is 107 cm³/mol. The third kappa shape index (κ3) is 4.32. The van der Waals surface area contributed by atoms with E-state index in [2.05, 4.69) is 20.7 Å². The van der Waals surface area contributed by atoms with Crippen LogP contribution in [-0.2, 0) is 6.54 Å². The monoisotopic (exact) mass is 431 g/mol. The van der Waals surface area contributed by atoms with Crippen molar-refractivity contribution in [3.05, 3.63) is 71.7 Å². The molecule has 1 amide bonds. The lowest BCUT2D eigenvalue weighted by Crippen LogP contribution is -2.36. The Hall–Kier alpha value is -3.56. The number of hydrogen-bond acceptors (Lipinski definition) is 5. The molecule has 0 unspecified atom stereocenters. The summed E-state index contributed by atoms with van der Waals surface area (Å²) in [5.41, 5.74) is 1.33. The topological polar surface area (TPSA) is 81.1 Å². The van der Waals surface area contributed by atoms with Crippen LogP contribution in [0.25, 0.3) is 0 Å². The molecule has 3 heterocycles. The first kappa shape index (κ1) is 20.7. The summed E-state index contributed by atoms with van der Waals surface area (Å²) < 4.78 is 47.3. The van der Waals surface area contributed by atoms with E-state index in [1.54, 1.807) is 48.7 Å². The summed E-state index contributed by atoms with van der Waals surface area (Å²) in [4.78, 5) is 16.8. The smallest absolute Gasteiger partial charge is 0.410 e. The zero-order valence-corrected chi connectivity index (χ0v) is 16.6. The number of carbonyl (C=O) groups excluding carboxylic acids is 1. The van der Waals surface area contributed by atoms with Crippen molar-refractivity contribution < 1.29 is 22.7 Å². The minimum absolute atomic E-state index is 0.0351. The van der Waals surface area contributed by atoms with Crippen molar-refractivity contribution in [2.75, 3.05) is 12.4 Å². The number of benzene rings is 1. The fourth-order valence-electron chi connectivity index (χ4n) is 3.55. The first-order valence-electron chi connectivity index (χ1n) is 9.59. The fraction of sp³-hybridized carbons (Fsp3) is 0.286. The molecule has 0 fully saturated rings. The minimum Gasteiger partial charge on any atom is -0.497 e. The van der Waals surface area contributed by atoms with Crippen LogP contribution in [0.1, 0.15) is 40.1 Å². The molecule has 0 saturated heterocycles. The molecule has 1 aliphatic rings. The van der Waals surface area contributed by atoms with Gasteiger partial charge in [-0.1, -0.05) is 18.2 Å². The van der Waals surface area contributed by atoms with Crippen LogP contribution in [0.15, 0.2) is 54.9 Å². The highest BCUT2D eigenvalue weighted by Gasteiger charge is 2.47. The van der Waals surface area contributed by atoms with Crippen molar-refractivity contribution in [1.82, 2.24) is 20.1 Å². The molecular weight excluding hydrogens is 411 g/mol. The molecule has 3 aromatic rings. The Labute approximate surface area is 176 Å². The minimum atomic E-state index is -4.52. The average Bonchev–Trinajstić information content (AvgIpc) is 3.21. The highest BCUT2D eigenvalue weighted by atomic mass is 19.4. The lowest BCUT2D eigenvalue weighted by atomic mass is 9.96. The van der Waals surface area contributed by atoms with E-state index in [4.69, 9.17) is 4.74 Å². The van der Waals surface area contributed by atoms with Crippen LogP contribution in [0.2, 0.25) is 0 Å². The van der Waals surface area contributed by atoms with E-state index >= 15 is 0 Å². The Morgan fingerprint density at radius 3 is 2.68 bits per heavy atom. The maximum Gasteiger partial charge on any atom is 0.410 e. The van der Waals surface area contributed by atoms with Gasteiger partial charge in [-0.2, -0.15) is 18.3 Å². The number of aromatic nitrogens is 3. The summed E-state index contributed by atoms with van der Waals surface area (Å²) in [5.74, 6) is 0.107. The van der Waals surface area contributed by atoms with Crippen LogP contribution in [0.3, 0.4) is 0 Å². The van der Waals surface area contributed by atoms with Gasteiger partial charge in [0.2, 0.25) is 0 Å². The molecule has 31 heavy (non-hydrogen) atoms. The van der Waals surface area contributed by atoms with Gasteiger partial charge in [0.1, 0.15) is 17.1 Å². The molecule has 1 aromatic carbocycles. The maximum absolute atomic E-state index is 13.8. The van der Waals surface area contributed by atoms with Crippen LogP contribution in [0.4, 0.5) is 19.0 Å². The molecule has 162 valence electrons. The molecule has 7 nitrogen and oxygen atoms in total. The van der Waals surface area contributed by atoms with Crippen molar-refractivity contribution in [2.45, 2.75) is 31.2 Å². The molecule has 0 saturated carbocycles. The largest absolute Gasteiger partial charge is 0.497 e. The number of halogens is 3. The molecule has 0 radical (unpaired) electrons. The van der Waals surface area contributed by atoms with Crippen LogP contribution < -0.4 is 15.4 Å². The van der Waals surface area contributed by atoms with E-state index < -0.39 is 24.2 Å². The van der Waals surface area contributed by atoms with E-state index in [9.17, 15) is 18.0 Å². The van der Waals surface area contributed by atoms with Crippen molar-refractivity contribution in [3.63, 3.8) is 0 Å². The van der Waals surface area contributed by atoms with Crippen molar-refractivity contribution in [3.8, 4) is 5.75 Å². The second kappa shape index (κ2) is 8.29. The van der Waals surface area contributed by atoms with Crippen LogP contribution in [0, 0.1) is 0 Å².